The zero-order valence-electron chi connectivity index (χ0n) is 8.99. The molecule has 2 rings (SSSR count). The average Bonchev–Trinajstić information content (AvgIpc) is 2.61. The van der Waals surface area contributed by atoms with Gasteiger partial charge in [-0.3, -0.25) is 4.68 Å². The first-order valence-electron chi connectivity index (χ1n) is 5.08. The van der Waals surface area contributed by atoms with Gasteiger partial charge in [0.05, 0.1) is 11.7 Å². The molecule has 1 heterocycles. The van der Waals surface area contributed by atoms with Crippen molar-refractivity contribution in [1.82, 2.24) is 9.78 Å². The maximum absolute atomic E-state index is 4.45. The zero-order chi connectivity index (χ0) is 10.2. The van der Waals surface area contributed by atoms with Crippen LogP contribution in [0.5, 0.6) is 0 Å². The van der Waals surface area contributed by atoms with Crippen LogP contribution >= 0.6 is 0 Å². The quantitative estimate of drug-likeness (QED) is 0.653. The Morgan fingerprint density at radius 2 is 2.14 bits per heavy atom. The Hall–Kier alpha value is -1.25. The Morgan fingerprint density at radius 3 is 2.86 bits per heavy atom. The lowest BCUT2D eigenvalue weighted by molar-refractivity contribution is 0.425. The van der Waals surface area contributed by atoms with E-state index >= 15 is 0 Å². The molecule has 0 saturated carbocycles. The summed E-state index contributed by atoms with van der Waals surface area (Å²) in [6, 6.07) is 8.34. The van der Waals surface area contributed by atoms with Crippen LogP contribution in [0.15, 0.2) is 30.5 Å². The van der Waals surface area contributed by atoms with Crippen LogP contribution in [0.25, 0.3) is 10.9 Å². The van der Waals surface area contributed by atoms with E-state index in [-0.39, 0.29) is 5.44 Å². The van der Waals surface area contributed by atoms with Crippen molar-refractivity contribution in [3.8, 4) is 0 Å². The highest BCUT2D eigenvalue weighted by molar-refractivity contribution is 6.13. The van der Waals surface area contributed by atoms with Crippen LogP contribution in [0.3, 0.4) is 0 Å². The van der Waals surface area contributed by atoms with E-state index in [0.717, 1.165) is 6.42 Å². The molecule has 0 N–H and O–H groups in total. The van der Waals surface area contributed by atoms with E-state index in [1.54, 1.807) is 0 Å². The van der Waals surface area contributed by atoms with Crippen LogP contribution in [0, 0.1) is 0 Å². The number of aromatic nitrogens is 2. The Kier molecular flexibility index (Phi) is 2.10. The summed E-state index contributed by atoms with van der Waals surface area (Å²) in [5.41, 5.74) is 1.32. The van der Waals surface area contributed by atoms with E-state index in [2.05, 4.69) is 49.7 Å². The van der Waals surface area contributed by atoms with Crippen molar-refractivity contribution in [2.24, 2.45) is 0 Å². The number of para-hydroxylation sites is 1. The van der Waals surface area contributed by atoms with Gasteiger partial charge in [0.1, 0.15) is 7.85 Å². The SMILES string of the molecule is BC(C)(CC)n1ncc2ccccc21. The summed E-state index contributed by atoms with van der Waals surface area (Å²) >= 11 is 0. The molecule has 0 aliphatic carbocycles. The maximum atomic E-state index is 4.45. The molecular formula is C11H15BN2. The third-order valence-corrected chi connectivity index (χ3v) is 2.92. The highest BCUT2D eigenvalue weighted by atomic mass is 15.3. The summed E-state index contributed by atoms with van der Waals surface area (Å²) in [5, 5.41) is 5.67. The van der Waals surface area contributed by atoms with Crippen LogP contribution in [0.1, 0.15) is 20.3 Å². The first-order chi connectivity index (χ1) is 6.65. The fraction of sp³-hybridized carbons (Fsp3) is 0.364. The highest BCUT2D eigenvalue weighted by Crippen LogP contribution is 2.21. The molecule has 0 aliphatic heterocycles. The Bertz CT molecular complexity index is 445. The lowest BCUT2D eigenvalue weighted by Crippen LogP contribution is -2.30. The molecule has 0 bridgehead atoms. The normalized spacial score (nSPS) is 15.6. The van der Waals surface area contributed by atoms with Crippen LogP contribution in [-0.2, 0) is 5.44 Å². The summed E-state index contributed by atoms with van der Waals surface area (Å²) in [6.45, 7) is 4.41. The molecule has 72 valence electrons. The molecular weight excluding hydrogens is 171 g/mol. The van der Waals surface area contributed by atoms with Crippen molar-refractivity contribution < 1.29 is 0 Å². The third kappa shape index (κ3) is 1.33. The van der Waals surface area contributed by atoms with Gasteiger partial charge < -0.3 is 0 Å². The first-order valence-corrected chi connectivity index (χ1v) is 5.08. The van der Waals surface area contributed by atoms with Gasteiger partial charge in [-0.15, -0.1) is 0 Å². The van der Waals surface area contributed by atoms with Gasteiger partial charge >= 0.3 is 0 Å². The number of rotatable bonds is 2. The molecule has 0 amide bonds. The van der Waals surface area contributed by atoms with Crippen molar-refractivity contribution in [1.29, 1.82) is 0 Å². The molecule has 0 saturated heterocycles. The van der Waals surface area contributed by atoms with Gasteiger partial charge in [-0.25, -0.2) is 0 Å². The molecule has 14 heavy (non-hydrogen) atoms. The molecule has 1 aromatic carbocycles. The summed E-state index contributed by atoms with van der Waals surface area (Å²) < 4.78 is 2.11. The van der Waals surface area contributed by atoms with E-state index < -0.39 is 0 Å². The minimum atomic E-state index is 0.100. The molecule has 0 spiro atoms. The third-order valence-electron chi connectivity index (χ3n) is 2.92. The van der Waals surface area contributed by atoms with E-state index in [1.807, 2.05) is 12.3 Å². The maximum Gasteiger partial charge on any atom is 0.137 e. The van der Waals surface area contributed by atoms with Crippen LogP contribution < -0.4 is 0 Å². The van der Waals surface area contributed by atoms with Crippen molar-refractivity contribution in [3.63, 3.8) is 0 Å². The predicted molar refractivity (Wildman–Crippen MR) is 62.2 cm³/mol. The van der Waals surface area contributed by atoms with Gasteiger partial charge in [0, 0.05) is 10.8 Å². The fourth-order valence-corrected chi connectivity index (χ4v) is 1.60. The largest absolute Gasteiger partial charge is 0.268 e. The van der Waals surface area contributed by atoms with Crippen molar-refractivity contribution >= 4 is 18.7 Å². The van der Waals surface area contributed by atoms with Crippen LogP contribution in [0.4, 0.5) is 0 Å². The second-order valence-electron chi connectivity index (χ2n) is 4.28. The number of benzene rings is 1. The minimum absolute atomic E-state index is 0.100. The molecule has 1 unspecified atom stereocenters. The van der Waals surface area contributed by atoms with E-state index in [4.69, 9.17) is 0 Å². The summed E-state index contributed by atoms with van der Waals surface area (Å²) in [4.78, 5) is 0. The number of hydrogen-bond acceptors (Lipinski definition) is 1. The fourth-order valence-electron chi connectivity index (χ4n) is 1.60. The van der Waals surface area contributed by atoms with E-state index in [0.29, 0.717) is 0 Å². The standard InChI is InChI=1S/C11H15BN2/c1-3-11(2,12)14-10-7-5-4-6-9(10)8-13-14/h4-8H,3,12H2,1-2H3. The number of hydrogen-bond donors (Lipinski definition) is 0. The Labute approximate surface area is 85.3 Å². The van der Waals surface area contributed by atoms with Crippen LogP contribution in [-0.4, -0.2) is 17.6 Å². The lowest BCUT2D eigenvalue weighted by atomic mass is 9.77. The monoisotopic (exact) mass is 186 g/mol. The zero-order valence-corrected chi connectivity index (χ0v) is 8.99. The Balaban J connectivity index is 2.64. The first kappa shape index (κ1) is 9.32. The second-order valence-corrected chi connectivity index (χ2v) is 4.28. The minimum Gasteiger partial charge on any atom is -0.268 e. The summed E-state index contributed by atoms with van der Waals surface area (Å²) in [7, 11) is 2.21. The van der Waals surface area contributed by atoms with Crippen LogP contribution in [0.2, 0.25) is 0 Å². The highest BCUT2D eigenvalue weighted by Gasteiger charge is 2.19. The van der Waals surface area contributed by atoms with Crippen molar-refractivity contribution in [3.05, 3.63) is 30.5 Å². The van der Waals surface area contributed by atoms with E-state index in [9.17, 15) is 0 Å². The summed E-state index contributed by atoms with van der Waals surface area (Å²) in [6.07, 6.45) is 3.02. The van der Waals surface area contributed by atoms with Gasteiger partial charge in [-0.1, -0.05) is 25.1 Å². The van der Waals surface area contributed by atoms with Gasteiger partial charge in [-0.05, 0) is 19.4 Å². The van der Waals surface area contributed by atoms with Crippen molar-refractivity contribution in [2.75, 3.05) is 0 Å². The molecule has 1 aromatic heterocycles. The average molecular weight is 186 g/mol. The van der Waals surface area contributed by atoms with Gasteiger partial charge in [-0.2, -0.15) is 5.10 Å². The molecule has 0 radical (unpaired) electrons. The van der Waals surface area contributed by atoms with E-state index in [1.165, 1.54) is 10.9 Å². The molecule has 2 nitrogen and oxygen atoms in total. The number of nitrogens with zero attached hydrogens (tertiary/aromatic N) is 2. The Morgan fingerprint density at radius 1 is 1.43 bits per heavy atom. The molecule has 0 fully saturated rings. The molecule has 1 atom stereocenters. The number of fused-ring (bicyclic) bond motifs is 1. The summed E-state index contributed by atoms with van der Waals surface area (Å²) in [5.74, 6) is 0. The second kappa shape index (κ2) is 3.16. The van der Waals surface area contributed by atoms with Gasteiger partial charge in [0.2, 0.25) is 0 Å². The molecule has 0 aliphatic rings. The van der Waals surface area contributed by atoms with Crippen molar-refractivity contribution in [2.45, 2.75) is 25.7 Å². The molecule has 2 aromatic rings. The smallest absolute Gasteiger partial charge is 0.137 e. The van der Waals surface area contributed by atoms with Gasteiger partial charge in [0.25, 0.3) is 0 Å². The van der Waals surface area contributed by atoms with Gasteiger partial charge in [0.15, 0.2) is 0 Å². The lowest BCUT2D eigenvalue weighted by Gasteiger charge is -2.24. The molecule has 3 heteroatoms. The topological polar surface area (TPSA) is 17.8 Å². The predicted octanol–water partition coefficient (Wildman–Crippen LogP) is 1.75.